The molecule has 0 rings (SSSR count). The Labute approximate surface area is 69.5 Å². The summed E-state index contributed by atoms with van der Waals surface area (Å²) in [4.78, 5) is 10.8. The number of hydrogen-bond acceptors (Lipinski definition) is 1. The van der Waals surface area contributed by atoms with Gasteiger partial charge in [-0.3, -0.25) is 4.79 Å². The summed E-state index contributed by atoms with van der Waals surface area (Å²) in [6.07, 6.45) is 4.65. The molecule has 0 saturated heterocycles. The van der Waals surface area contributed by atoms with E-state index in [1.54, 1.807) is 0 Å². The van der Waals surface area contributed by atoms with Crippen LogP contribution in [0.5, 0.6) is 0 Å². The lowest BCUT2D eigenvalue weighted by molar-refractivity contribution is -0.118. The molecule has 0 fully saturated rings. The number of carbonyl (C=O) groups is 1. The molecule has 64 valence electrons. The van der Waals surface area contributed by atoms with Crippen molar-refractivity contribution in [3.05, 3.63) is 12.2 Å². The van der Waals surface area contributed by atoms with Gasteiger partial charge in [-0.1, -0.05) is 12.5 Å². The second kappa shape index (κ2) is 6.14. The Morgan fingerprint density at radius 2 is 1.82 bits per heavy atom. The number of hydrogen-bond donors (Lipinski definition) is 0. The second-order valence-corrected chi connectivity index (χ2v) is 3.06. The third-order valence-corrected chi connectivity index (χ3v) is 1.70. The number of Topliss-reactive ketones (excluding diaryl/α,β-unsaturated/α-hetero) is 1. The van der Waals surface area contributed by atoms with Crippen molar-refractivity contribution in [3.63, 3.8) is 0 Å². The van der Waals surface area contributed by atoms with Crippen molar-refractivity contribution < 1.29 is 4.79 Å². The zero-order chi connectivity index (χ0) is 8.69. The van der Waals surface area contributed by atoms with Crippen LogP contribution in [-0.2, 0) is 4.79 Å². The fraction of sp³-hybridized carbons (Fsp3) is 0.700. The molecule has 0 aromatic carbocycles. The summed E-state index contributed by atoms with van der Waals surface area (Å²) in [6, 6.07) is 0. The Morgan fingerprint density at radius 1 is 1.27 bits per heavy atom. The number of allylic oxidation sites excluding steroid dienone is 1. The third kappa shape index (κ3) is 7.31. The van der Waals surface area contributed by atoms with Crippen LogP contribution in [0.3, 0.4) is 0 Å². The van der Waals surface area contributed by atoms with E-state index in [-0.39, 0.29) is 0 Å². The van der Waals surface area contributed by atoms with Crippen molar-refractivity contribution in [2.45, 2.75) is 46.0 Å². The van der Waals surface area contributed by atoms with E-state index in [1.165, 1.54) is 5.57 Å². The second-order valence-electron chi connectivity index (χ2n) is 3.06. The summed E-state index contributed by atoms with van der Waals surface area (Å²) < 4.78 is 0. The molecule has 11 heavy (non-hydrogen) atoms. The number of carbonyl (C=O) groups excluding carboxylic acids is 1. The van der Waals surface area contributed by atoms with E-state index in [4.69, 9.17) is 0 Å². The quantitative estimate of drug-likeness (QED) is 0.424. The van der Waals surface area contributed by atoms with E-state index in [9.17, 15) is 4.79 Å². The van der Waals surface area contributed by atoms with E-state index in [0.29, 0.717) is 12.2 Å². The zero-order valence-electron chi connectivity index (χ0n) is 7.65. The van der Waals surface area contributed by atoms with Gasteiger partial charge in [0, 0.05) is 12.8 Å². The lowest BCUT2D eigenvalue weighted by Crippen LogP contribution is -1.93. The highest BCUT2D eigenvalue weighted by molar-refractivity contribution is 5.77. The molecule has 0 bridgehead atoms. The summed E-state index contributed by atoms with van der Waals surface area (Å²) in [5.74, 6) is 0.381. The van der Waals surface area contributed by atoms with Crippen molar-refractivity contribution in [1.82, 2.24) is 0 Å². The van der Waals surface area contributed by atoms with Gasteiger partial charge in [0.2, 0.25) is 0 Å². The maximum atomic E-state index is 10.8. The third-order valence-electron chi connectivity index (χ3n) is 1.70. The van der Waals surface area contributed by atoms with Gasteiger partial charge in [0.15, 0.2) is 0 Å². The van der Waals surface area contributed by atoms with Gasteiger partial charge in [-0.05, 0) is 26.2 Å². The fourth-order valence-corrected chi connectivity index (χ4v) is 0.926. The first-order valence-corrected chi connectivity index (χ1v) is 4.33. The van der Waals surface area contributed by atoms with Crippen LogP contribution in [-0.4, -0.2) is 5.78 Å². The molecule has 0 unspecified atom stereocenters. The number of unbranched alkanes of at least 4 members (excludes halogenated alkanes) is 1. The molecule has 1 nitrogen and oxygen atoms in total. The summed E-state index contributed by atoms with van der Waals surface area (Å²) in [6.45, 7) is 7.75. The Kier molecular flexibility index (Phi) is 5.81. The zero-order valence-corrected chi connectivity index (χ0v) is 7.65. The minimum absolute atomic E-state index is 0.381. The molecule has 0 N–H and O–H groups in total. The van der Waals surface area contributed by atoms with Crippen molar-refractivity contribution in [3.8, 4) is 0 Å². The summed E-state index contributed by atoms with van der Waals surface area (Å²) in [5.41, 5.74) is 1.22. The lowest BCUT2D eigenvalue weighted by Gasteiger charge is -1.98. The monoisotopic (exact) mass is 154 g/mol. The molecule has 0 heterocycles. The lowest BCUT2D eigenvalue weighted by atomic mass is 10.1. The number of rotatable bonds is 6. The molecule has 0 spiro atoms. The molecular weight excluding hydrogens is 136 g/mol. The van der Waals surface area contributed by atoms with Gasteiger partial charge in [0.1, 0.15) is 5.78 Å². The molecule has 0 atom stereocenters. The van der Waals surface area contributed by atoms with Crippen LogP contribution in [0.25, 0.3) is 0 Å². The van der Waals surface area contributed by atoms with E-state index in [0.717, 1.165) is 25.7 Å². The van der Waals surface area contributed by atoms with Gasteiger partial charge in [0.05, 0.1) is 0 Å². The average molecular weight is 154 g/mol. The minimum Gasteiger partial charge on any atom is -0.300 e. The van der Waals surface area contributed by atoms with E-state index >= 15 is 0 Å². The molecule has 0 radical (unpaired) electrons. The van der Waals surface area contributed by atoms with Crippen LogP contribution in [0, 0.1) is 0 Å². The molecule has 0 amide bonds. The van der Waals surface area contributed by atoms with Crippen LogP contribution in [0.15, 0.2) is 12.2 Å². The van der Waals surface area contributed by atoms with Gasteiger partial charge < -0.3 is 0 Å². The Bertz CT molecular complexity index is 136. The maximum Gasteiger partial charge on any atom is 0.132 e. The highest BCUT2D eigenvalue weighted by Crippen LogP contribution is 2.06. The van der Waals surface area contributed by atoms with Crippen LogP contribution in [0.1, 0.15) is 46.0 Å². The predicted octanol–water partition coefficient (Wildman–Crippen LogP) is 3.10. The average Bonchev–Trinajstić information content (AvgIpc) is 1.97. The minimum atomic E-state index is 0.381. The first kappa shape index (κ1) is 10.4. The summed E-state index contributed by atoms with van der Waals surface area (Å²) in [5, 5.41) is 0. The summed E-state index contributed by atoms with van der Waals surface area (Å²) in [7, 11) is 0. The van der Waals surface area contributed by atoms with Gasteiger partial charge in [0.25, 0.3) is 0 Å². The van der Waals surface area contributed by atoms with Crippen molar-refractivity contribution in [2.75, 3.05) is 0 Å². The van der Waals surface area contributed by atoms with Gasteiger partial charge in [-0.2, -0.15) is 0 Å². The topological polar surface area (TPSA) is 17.1 Å². The van der Waals surface area contributed by atoms with Crippen LogP contribution < -0.4 is 0 Å². The highest BCUT2D eigenvalue weighted by atomic mass is 16.1. The molecular formula is C10H18O. The first-order chi connectivity index (χ1) is 5.16. The SMILES string of the molecule is C=C(C)CCCCC(=O)CC. The molecule has 1 heteroatoms. The van der Waals surface area contributed by atoms with Gasteiger partial charge in [-0.15, -0.1) is 6.58 Å². The van der Waals surface area contributed by atoms with E-state index in [1.807, 2.05) is 13.8 Å². The van der Waals surface area contributed by atoms with E-state index < -0.39 is 0 Å². The predicted molar refractivity (Wildman–Crippen MR) is 48.6 cm³/mol. The molecule has 0 aromatic rings. The van der Waals surface area contributed by atoms with Crippen molar-refractivity contribution in [1.29, 1.82) is 0 Å². The van der Waals surface area contributed by atoms with Crippen LogP contribution in [0.2, 0.25) is 0 Å². The fourth-order valence-electron chi connectivity index (χ4n) is 0.926. The van der Waals surface area contributed by atoms with Crippen LogP contribution >= 0.6 is 0 Å². The highest BCUT2D eigenvalue weighted by Gasteiger charge is 1.96. The van der Waals surface area contributed by atoms with Crippen molar-refractivity contribution in [2.24, 2.45) is 0 Å². The normalized spacial score (nSPS) is 9.64. The Balaban J connectivity index is 3.14. The molecule has 0 aliphatic heterocycles. The Hall–Kier alpha value is -0.590. The molecule has 0 saturated carbocycles. The largest absolute Gasteiger partial charge is 0.300 e. The van der Waals surface area contributed by atoms with Crippen molar-refractivity contribution >= 4 is 5.78 Å². The first-order valence-electron chi connectivity index (χ1n) is 4.33. The molecule has 0 aromatic heterocycles. The van der Waals surface area contributed by atoms with Gasteiger partial charge in [-0.25, -0.2) is 0 Å². The number of ketones is 1. The van der Waals surface area contributed by atoms with Crippen LogP contribution in [0.4, 0.5) is 0 Å². The standard InChI is InChI=1S/C10H18O/c1-4-10(11)8-6-5-7-9(2)3/h2,4-8H2,1,3H3. The maximum absolute atomic E-state index is 10.8. The smallest absolute Gasteiger partial charge is 0.132 e. The summed E-state index contributed by atoms with van der Waals surface area (Å²) >= 11 is 0. The van der Waals surface area contributed by atoms with Gasteiger partial charge >= 0.3 is 0 Å². The molecule has 0 aliphatic rings. The Morgan fingerprint density at radius 3 is 2.27 bits per heavy atom. The van der Waals surface area contributed by atoms with E-state index in [2.05, 4.69) is 6.58 Å². The molecule has 0 aliphatic carbocycles.